The smallest absolute Gasteiger partial charge is 0.336 e. The molecule has 0 heterocycles. The van der Waals surface area contributed by atoms with E-state index >= 15 is 0 Å². The summed E-state index contributed by atoms with van der Waals surface area (Å²) in [6, 6.07) is 20.4. The van der Waals surface area contributed by atoms with Gasteiger partial charge in [-0.3, -0.25) is 4.79 Å². The third kappa shape index (κ3) is 18.7. The van der Waals surface area contributed by atoms with E-state index in [9.17, 15) is 9.59 Å². The topological polar surface area (TPSA) is 61.8 Å². The molecule has 6 heteroatoms. The molecule has 0 aliphatic rings. The molecular weight excluding hydrogens is 712 g/mol. The maximum atomic E-state index is 12.9. The van der Waals surface area contributed by atoms with Crippen LogP contribution in [0.25, 0.3) is 12.2 Å². The van der Waals surface area contributed by atoms with Gasteiger partial charge in [-0.25, -0.2) is 4.79 Å². The van der Waals surface area contributed by atoms with Gasteiger partial charge in [0, 0.05) is 11.6 Å². The Morgan fingerprint density at radius 2 is 0.962 bits per heavy atom. The molecule has 0 amide bonds. The molecule has 3 rings (SSSR count). The zero-order valence-corrected chi connectivity index (χ0v) is 33.3. The highest BCUT2D eigenvalue weighted by molar-refractivity contribution is 9.10. The van der Waals surface area contributed by atoms with Crippen molar-refractivity contribution in [1.29, 1.82) is 0 Å². The molecular formula is C46H61BrO5. The van der Waals surface area contributed by atoms with Crippen molar-refractivity contribution in [2.75, 3.05) is 13.2 Å². The highest BCUT2D eigenvalue weighted by Crippen LogP contribution is 2.27. The molecule has 0 atom stereocenters. The summed E-state index contributed by atoms with van der Waals surface area (Å²) in [4.78, 5) is 25.4. The van der Waals surface area contributed by atoms with Crippen LogP contribution in [-0.2, 0) is 4.79 Å². The van der Waals surface area contributed by atoms with Gasteiger partial charge in [0.25, 0.3) is 0 Å². The molecule has 0 aliphatic heterocycles. The summed E-state index contributed by atoms with van der Waals surface area (Å²) in [7, 11) is 0. The number of esters is 1. The maximum absolute atomic E-state index is 12.9. The summed E-state index contributed by atoms with van der Waals surface area (Å²) in [6.45, 7) is 5.95. The van der Waals surface area contributed by atoms with Crippen molar-refractivity contribution in [1.82, 2.24) is 0 Å². The fourth-order valence-electron chi connectivity index (χ4n) is 5.87. The molecule has 5 nitrogen and oxygen atoms in total. The number of ketones is 1. The van der Waals surface area contributed by atoms with Gasteiger partial charge in [-0.1, -0.05) is 147 Å². The molecule has 0 N–H and O–H groups in total. The first-order valence-corrected chi connectivity index (χ1v) is 20.7. The highest BCUT2D eigenvalue weighted by Gasteiger charge is 2.10. The van der Waals surface area contributed by atoms with Crippen molar-refractivity contribution in [2.45, 2.75) is 129 Å². The predicted molar refractivity (Wildman–Crippen MR) is 221 cm³/mol. The van der Waals surface area contributed by atoms with E-state index in [1.807, 2.05) is 48.5 Å². The van der Waals surface area contributed by atoms with Crippen molar-refractivity contribution < 1.29 is 23.8 Å². The van der Waals surface area contributed by atoms with Crippen molar-refractivity contribution in [3.05, 3.63) is 100 Å². The number of hydrogen-bond donors (Lipinski definition) is 0. The van der Waals surface area contributed by atoms with E-state index in [0.29, 0.717) is 15.8 Å². The van der Waals surface area contributed by atoms with E-state index in [4.69, 9.17) is 14.2 Å². The van der Waals surface area contributed by atoms with E-state index < -0.39 is 5.97 Å². The molecule has 0 aliphatic carbocycles. The second-order valence-corrected chi connectivity index (χ2v) is 14.4. The molecule has 3 aromatic carbocycles. The molecule has 282 valence electrons. The van der Waals surface area contributed by atoms with Crippen LogP contribution in [0.4, 0.5) is 0 Å². The predicted octanol–water partition coefficient (Wildman–Crippen LogP) is 13.8. The van der Waals surface area contributed by atoms with Gasteiger partial charge in [0.1, 0.15) is 17.2 Å². The summed E-state index contributed by atoms with van der Waals surface area (Å²) in [5, 5.41) is 0. The van der Waals surface area contributed by atoms with Crippen molar-refractivity contribution >= 4 is 39.8 Å². The number of carbonyl (C=O) groups excluding carboxylic acids is 2. The van der Waals surface area contributed by atoms with Crippen LogP contribution in [0.3, 0.4) is 0 Å². The molecule has 3 aromatic rings. The molecule has 0 bridgehead atoms. The molecule has 0 unspecified atom stereocenters. The number of allylic oxidation sites excluding steroid dienone is 1. The van der Waals surface area contributed by atoms with Gasteiger partial charge in [-0.05, 0) is 94.5 Å². The number of carbonyl (C=O) groups is 2. The lowest BCUT2D eigenvalue weighted by molar-refractivity contribution is -0.128. The summed E-state index contributed by atoms with van der Waals surface area (Å²) in [6.07, 6.45) is 29.6. The Morgan fingerprint density at radius 3 is 1.40 bits per heavy atom. The average Bonchev–Trinajstić information content (AvgIpc) is 3.16. The lowest BCUT2D eigenvalue weighted by Gasteiger charge is -2.07. The van der Waals surface area contributed by atoms with Crippen LogP contribution in [0.2, 0.25) is 0 Å². The first-order chi connectivity index (χ1) is 25.5. The van der Waals surface area contributed by atoms with E-state index in [1.165, 1.54) is 109 Å². The van der Waals surface area contributed by atoms with Crippen molar-refractivity contribution in [3.8, 4) is 17.2 Å². The SMILES string of the molecule is CCCCCCCCCCCCOc1ccc(/C=C/C(=O)c2ccc(OC(=O)/C=C/c3ccc(OCCCCCCCCCC)cc3)c(Br)c2)cc1. The first-order valence-electron chi connectivity index (χ1n) is 19.9. The number of benzene rings is 3. The van der Waals surface area contributed by atoms with Crippen LogP contribution >= 0.6 is 15.9 Å². The summed E-state index contributed by atoms with van der Waals surface area (Å²) in [5.74, 6) is 1.35. The number of rotatable bonds is 28. The summed E-state index contributed by atoms with van der Waals surface area (Å²) < 4.78 is 17.8. The van der Waals surface area contributed by atoms with Gasteiger partial charge in [-0.15, -0.1) is 0 Å². The van der Waals surface area contributed by atoms with Gasteiger partial charge >= 0.3 is 5.97 Å². The number of hydrogen-bond acceptors (Lipinski definition) is 5. The Hall–Kier alpha value is -3.64. The van der Waals surface area contributed by atoms with Crippen LogP contribution < -0.4 is 14.2 Å². The third-order valence-electron chi connectivity index (χ3n) is 9.06. The summed E-state index contributed by atoms with van der Waals surface area (Å²) in [5.41, 5.74) is 2.27. The zero-order chi connectivity index (χ0) is 37.1. The molecule has 0 aromatic heterocycles. The fraction of sp³-hybridized carbons (Fsp3) is 0.478. The Kier molecular flexibility index (Phi) is 22.2. The van der Waals surface area contributed by atoms with E-state index in [2.05, 4.69) is 29.8 Å². The molecule has 0 spiro atoms. The highest BCUT2D eigenvalue weighted by atomic mass is 79.9. The Labute approximate surface area is 322 Å². The van der Waals surface area contributed by atoms with Crippen LogP contribution in [0.5, 0.6) is 17.2 Å². The number of ether oxygens (including phenoxy) is 3. The van der Waals surface area contributed by atoms with Crippen LogP contribution in [0.1, 0.15) is 151 Å². The molecule has 0 saturated carbocycles. The van der Waals surface area contributed by atoms with Crippen molar-refractivity contribution in [3.63, 3.8) is 0 Å². The largest absolute Gasteiger partial charge is 0.494 e. The number of halogens is 1. The summed E-state index contributed by atoms with van der Waals surface area (Å²) >= 11 is 3.44. The molecule has 0 saturated heterocycles. The van der Waals surface area contributed by atoms with Gasteiger partial charge in [0.05, 0.1) is 17.7 Å². The van der Waals surface area contributed by atoms with Crippen LogP contribution in [-0.4, -0.2) is 25.0 Å². The van der Waals surface area contributed by atoms with E-state index in [0.717, 1.165) is 48.7 Å². The molecule has 52 heavy (non-hydrogen) atoms. The monoisotopic (exact) mass is 772 g/mol. The average molecular weight is 774 g/mol. The quantitative estimate of drug-likeness (QED) is 0.0242. The Balaban J connectivity index is 1.33. The van der Waals surface area contributed by atoms with Gasteiger partial charge in [0.15, 0.2) is 5.78 Å². The Bertz CT molecular complexity index is 1480. The normalized spacial score (nSPS) is 11.4. The zero-order valence-electron chi connectivity index (χ0n) is 31.7. The Morgan fingerprint density at radius 1 is 0.538 bits per heavy atom. The lowest BCUT2D eigenvalue weighted by Crippen LogP contribution is -2.05. The minimum atomic E-state index is -0.509. The first kappa shape index (κ1) is 42.8. The standard InChI is InChI=1S/C46H61BrO5/c1-3-5-7-9-11-13-14-16-18-20-36-50-41-28-21-38(22-29-41)25-32-44(48)40-27-33-45(43(47)37-40)52-46(49)34-26-39-23-30-42(31-24-39)51-35-19-17-15-12-10-8-6-4-2/h21-34,37H,3-20,35-36H2,1-2H3/b32-25+,34-26+. The van der Waals surface area contributed by atoms with Crippen LogP contribution in [0, 0.1) is 0 Å². The van der Waals surface area contributed by atoms with Gasteiger partial charge in [0.2, 0.25) is 0 Å². The van der Waals surface area contributed by atoms with Crippen molar-refractivity contribution in [2.24, 2.45) is 0 Å². The minimum Gasteiger partial charge on any atom is -0.494 e. The fourth-order valence-corrected chi connectivity index (χ4v) is 6.33. The second-order valence-electron chi connectivity index (χ2n) is 13.6. The second kappa shape index (κ2) is 27.0. The number of unbranched alkanes of at least 4 members (excludes halogenated alkanes) is 16. The maximum Gasteiger partial charge on any atom is 0.336 e. The molecule has 0 fully saturated rings. The third-order valence-corrected chi connectivity index (χ3v) is 9.68. The van der Waals surface area contributed by atoms with Gasteiger partial charge in [-0.2, -0.15) is 0 Å². The van der Waals surface area contributed by atoms with Crippen LogP contribution in [0.15, 0.2) is 83.4 Å². The van der Waals surface area contributed by atoms with Gasteiger partial charge < -0.3 is 14.2 Å². The minimum absolute atomic E-state index is 0.148. The van der Waals surface area contributed by atoms with E-state index in [1.54, 1.807) is 36.4 Å². The lowest BCUT2D eigenvalue weighted by atomic mass is 10.1. The van der Waals surface area contributed by atoms with E-state index in [-0.39, 0.29) is 5.78 Å². The molecule has 0 radical (unpaired) electrons.